The zero-order valence-corrected chi connectivity index (χ0v) is 10.2. The van der Waals surface area contributed by atoms with Gasteiger partial charge in [-0.25, -0.2) is 4.79 Å². The summed E-state index contributed by atoms with van der Waals surface area (Å²) in [5.41, 5.74) is 0.896. The summed E-state index contributed by atoms with van der Waals surface area (Å²) in [6.07, 6.45) is -0.737. The predicted octanol–water partition coefficient (Wildman–Crippen LogP) is 0.453. The summed E-state index contributed by atoms with van der Waals surface area (Å²) in [7, 11) is 1.40. The molecule has 0 aromatic heterocycles. The Bertz CT molecular complexity index is 555. The van der Waals surface area contributed by atoms with Gasteiger partial charge in [-0.05, 0) is 18.2 Å². The van der Waals surface area contributed by atoms with Crippen molar-refractivity contribution in [1.29, 1.82) is 0 Å². The van der Waals surface area contributed by atoms with Crippen LogP contribution in [0.2, 0.25) is 0 Å². The summed E-state index contributed by atoms with van der Waals surface area (Å²) in [5, 5.41) is 10.9. The average molecular weight is 264 g/mol. The van der Waals surface area contributed by atoms with Crippen molar-refractivity contribution < 1.29 is 24.2 Å². The molecular weight excluding hydrogens is 252 g/mol. The molecule has 0 aliphatic carbocycles. The number of nitrogens with one attached hydrogen (secondary N) is 1. The third kappa shape index (κ3) is 2.41. The topological polar surface area (TPSA) is 95.9 Å². The average Bonchev–Trinajstić information content (AvgIpc) is 2.61. The van der Waals surface area contributed by atoms with Crippen molar-refractivity contribution in [2.75, 3.05) is 25.6 Å². The van der Waals surface area contributed by atoms with E-state index >= 15 is 0 Å². The monoisotopic (exact) mass is 264 g/mol. The third-order valence-electron chi connectivity index (χ3n) is 2.66. The first-order valence-electron chi connectivity index (χ1n) is 5.55. The lowest BCUT2D eigenvalue weighted by Gasteiger charge is -2.06. The van der Waals surface area contributed by atoms with Crippen molar-refractivity contribution in [1.82, 2.24) is 4.90 Å². The van der Waals surface area contributed by atoms with E-state index in [1.807, 2.05) is 0 Å². The van der Waals surface area contributed by atoms with Crippen LogP contribution in [0.3, 0.4) is 0 Å². The van der Waals surface area contributed by atoms with Crippen LogP contribution in [0.5, 0.6) is 0 Å². The number of ether oxygens (including phenoxy) is 1. The molecule has 7 nitrogen and oxygen atoms in total. The molecule has 0 radical (unpaired) electrons. The largest absolute Gasteiger partial charge is 0.447 e. The molecule has 2 rings (SSSR count). The second-order valence-corrected chi connectivity index (χ2v) is 3.91. The van der Waals surface area contributed by atoms with Gasteiger partial charge in [0.2, 0.25) is 0 Å². The van der Waals surface area contributed by atoms with E-state index in [9.17, 15) is 14.4 Å². The van der Waals surface area contributed by atoms with Crippen molar-refractivity contribution in [2.24, 2.45) is 0 Å². The lowest BCUT2D eigenvalue weighted by Crippen LogP contribution is -2.24. The zero-order valence-electron chi connectivity index (χ0n) is 10.2. The van der Waals surface area contributed by atoms with Gasteiger partial charge >= 0.3 is 6.09 Å². The van der Waals surface area contributed by atoms with Crippen molar-refractivity contribution in [2.45, 2.75) is 0 Å². The maximum atomic E-state index is 11.7. The predicted molar refractivity (Wildman–Crippen MR) is 64.9 cm³/mol. The molecule has 3 amide bonds. The highest BCUT2D eigenvalue weighted by atomic mass is 16.6. The Morgan fingerprint density at radius 2 is 2.00 bits per heavy atom. The lowest BCUT2D eigenvalue weighted by molar-refractivity contribution is 0.0693. The van der Waals surface area contributed by atoms with Gasteiger partial charge in [0.05, 0.1) is 17.7 Å². The van der Waals surface area contributed by atoms with Crippen LogP contribution in [0, 0.1) is 0 Å². The number of carbonyl (C=O) groups is 3. The van der Waals surface area contributed by atoms with Gasteiger partial charge in [-0.15, -0.1) is 0 Å². The van der Waals surface area contributed by atoms with Crippen LogP contribution in [0.15, 0.2) is 18.2 Å². The molecule has 0 bridgehead atoms. The quantitative estimate of drug-likeness (QED) is 0.773. The summed E-state index contributed by atoms with van der Waals surface area (Å²) in [4.78, 5) is 35.7. The van der Waals surface area contributed by atoms with E-state index in [1.165, 1.54) is 25.2 Å². The minimum absolute atomic E-state index is 0.114. The van der Waals surface area contributed by atoms with Gasteiger partial charge in [-0.3, -0.25) is 19.8 Å². The zero-order chi connectivity index (χ0) is 14.0. The van der Waals surface area contributed by atoms with Crippen molar-refractivity contribution in [3.63, 3.8) is 0 Å². The van der Waals surface area contributed by atoms with E-state index in [0.29, 0.717) is 11.3 Å². The molecular formula is C12H12N2O5. The highest BCUT2D eigenvalue weighted by molar-refractivity contribution is 6.21. The standard InChI is InChI=1S/C12H12N2O5/c1-14-10(16)8-3-2-7(6-9(8)11(14)17)13-12(18)19-5-4-15/h2-3,6,15H,4-5H2,1H3,(H,13,18). The number of imide groups is 1. The smallest absolute Gasteiger partial charge is 0.411 e. The number of rotatable bonds is 3. The number of nitrogens with zero attached hydrogens (tertiary/aromatic N) is 1. The Morgan fingerprint density at radius 1 is 1.32 bits per heavy atom. The molecule has 1 aromatic rings. The number of aliphatic hydroxyl groups excluding tert-OH is 1. The Labute approximate surface area is 108 Å². The molecule has 2 N–H and O–H groups in total. The van der Waals surface area contributed by atoms with E-state index in [-0.39, 0.29) is 24.7 Å². The maximum Gasteiger partial charge on any atom is 0.411 e. The SMILES string of the molecule is CN1C(=O)c2ccc(NC(=O)OCCO)cc2C1=O. The van der Waals surface area contributed by atoms with Crippen molar-refractivity contribution in [3.8, 4) is 0 Å². The molecule has 19 heavy (non-hydrogen) atoms. The number of benzene rings is 1. The number of hydrogen-bond donors (Lipinski definition) is 2. The van der Waals surface area contributed by atoms with Crippen LogP contribution >= 0.6 is 0 Å². The minimum atomic E-state index is -0.737. The van der Waals surface area contributed by atoms with E-state index in [4.69, 9.17) is 5.11 Å². The van der Waals surface area contributed by atoms with Crippen LogP contribution in [0.1, 0.15) is 20.7 Å². The first-order chi connectivity index (χ1) is 9.04. The van der Waals surface area contributed by atoms with Gasteiger partial charge < -0.3 is 9.84 Å². The Hall–Kier alpha value is -2.41. The number of fused-ring (bicyclic) bond motifs is 1. The van der Waals surface area contributed by atoms with Crippen LogP contribution in [-0.4, -0.2) is 48.2 Å². The fourth-order valence-corrected chi connectivity index (χ4v) is 1.73. The fourth-order valence-electron chi connectivity index (χ4n) is 1.73. The minimum Gasteiger partial charge on any atom is -0.447 e. The first-order valence-corrected chi connectivity index (χ1v) is 5.55. The van der Waals surface area contributed by atoms with E-state index < -0.39 is 12.0 Å². The van der Waals surface area contributed by atoms with E-state index in [2.05, 4.69) is 10.1 Å². The molecule has 100 valence electrons. The van der Waals surface area contributed by atoms with Crippen LogP contribution < -0.4 is 5.32 Å². The molecule has 7 heteroatoms. The Balaban J connectivity index is 2.17. The van der Waals surface area contributed by atoms with Crippen LogP contribution in [0.25, 0.3) is 0 Å². The van der Waals surface area contributed by atoms with Gasteiger partial charge in [-0.2, -0.15) is 0 Å². The van der Waals surface area contributed by atoms with E-state index in [1.54, 1.807) is 0 Å². The number of hydrogen-bond acceptors (Lipinski definition) is 5. The highest BCUT2D eigenvalue weighted by Crippen LogP contribution is 2.24. The van der Waals surface area contributed by atoms with Gasteiger partial charge in [-0.1, -0.05) is 0 Å². The van der Waals surface area contributed by atoms with Crippen molar-refractivity contribution >= 4 is 23.6 Å². The third-order valence-corrected chi connectivity index (χ3v) is 2.66. The Kier molecular flexibility index (Phi) is 3.48. The molecule has 0 atom stereocenters. The summed E-state index contributed by atoms with van der Waals surface area (Å²) >= 11 is 0. The first kappa shape index (κ1) is 13.0. The van der Waals surface area contributed by atoms with Gasteiger partial charge in [0.25, 0.3) is 11.8 Å². The molecule has 0 unspecified atom stereocenters. The molecule has 0 fully saturated rings. The van der Waals surface area contributed by atoms with Gasteiger partial charge in [0.15, 0.2) is 0 Å². The molecule has 1 heterocycles. The molecule has 1 aliphatic heterocycles. The molecule has 0 saturated heterocycles. The number of anilines is 1. The molecule has 0 spiro atoms. The molecule has 1 aliphatic rings. The van der Waals surface area contributed by atoms with Crippen molar-refractivity contribution in [3.05, 3.63) is 29.3 Å². The van der Waals surface area contributed by atoms with Gasteiger partial charge in [0.1, 0.15) is 6.61 Å². The van der Waals surface area contributed by atoms with Gasteiger partial charge in [0, 0.05) is 12.7 Å². The highest BCUT2D eigenvalue weighted by Gasteiger charge is 2.32. The second kappa shape index (κ2) is 5.07. The Morgan fingerprint density at radius 3 is 2.68 bits per heavy atom. The fraction of sp³-hybridized carbons (Fsp3) is 0.250. The van der Waals surface area contributed by atoms with Crippen LogP contribution in [-0.2, 0) is 4.74 Å². The number of carbonyl (C=O) groups excluding carboxylic acids is 3. The maximum absolute atomic E-state index is 11.7. The second-order valence-electron chi connectivity index (χ2n) is 3.91. The molecule has 0 saturated carbocycles. The summed E-state index contributed by atoms with van der Waals surface area (Å²) in [6.45, 7) is -0.383. The number of amides is 3. The normalized spacial score (nSPS) is 13.5. The van der Waals surface area contributed by atoms with E-state index in [0.717, 1.165) is 4.90 Å². The number of aliphatic hydroxyl groups is 1. The summed E-state index contributed by atoms with van der Waals surface area (Å²) in [5.74, 6) is -0.776. The van der Waals surface area contributed by atoms with Crippen LogP contribution in [0.4, 0.5) is 10.5 Å². The lowest BCUT2D eigenvalue weighted by atomic mass is 10.1. The summed E-state index contributed by atoms with van der Waals surface area (Å²) < 4.78 is 4.62. The molecule has 1 aromatic carbocycles. The summed E-state index contributed by atoms with van der Waals surface area (Å²) in [6, 6.07) is 4.39.